The molecular weight excluding hydrogens is 262 g/mol. The normalized spacial score (nSPS) is 10.2. The zero-order valence-corrected chi connectivity index (χ0v) is 11.6. The van der Waals surface area contributed by atoms with Crippen LogP contribution in [0.15, 0.2) is 42.6 Å². The van der Waals surface area contributed by atoms with Crippen LogP contribution in [-0.2, 0) is 5.88 Å². The average molecular weight is 278 g/mol. The van der Waals surface area contributed by atoms with Gasteiger partial charge in [0.15, 0.2) is 0 Å². The summed E-state index contributed by atoms with van der Waals surface area (Å²) in [4.78, 5) is 4.18. The molecule has 0 saturated carbocycles. The van der Waals surface area contributed by atoms with Crippen LogP contribution in [0.5, 0.6) is 17.4 Å². The lowest BCUT2D eigenvalue weighted by atomic mass is 10.3. The van der Waals surface area contributed by atoms with E-state index < -0.39 is 0 Å². The molecule has 0 radical (unpaired) electrons. The molecule has 0 spiro atoms. The summed E-state index contributed by atoms with van der Waals surface area (Å²) in [6.45, 7) is 2.80. The van der Waals surface area contributed by atoms with E-state index in [4.69, 9.17) is 21.1 Å². The molecule has 0 unspecified atom stereocenters. The number of alkyl halides is 1. The van der Waals surface area contributed by atoms with E-state index in [1.54, 1.807) is 12.3 Å². The van der Waals surface area contributed by atoms with Gasteiger partial charge < -0.3 is 9.47 Å². The van der Waals surface area contributed by atoms with E-state index in [9.17, 15) is 0 Å². The number of rotatable bonds is 6. The van der Waals surface area contributed by atoms with E-state index in [1.165, 1.54) is 0 Å². The van der Waals surface area contributed by atoms with E-state index >= 15 is 0 Å². The molecule has 0 fully saturated rings. The zero-order chi connectivity index (χ0) is 13.5. The molecule has 3 nitrogen and oxygen atoms in total. The Bertz CT molecular complexity index is 497. The molecule has 0 atom stereocenters. The van der Waals surface area contributed by atoms with Crippen LogP contribution in [0.2, 0.25) is 0 Å². The lowest BCUT2D eigenvalue weighted by Crippen LogP contribution is -1.94. The van der Waals surface area contributed by atoms with Gasteiger partial charge in [-0.25, -0.2) is 4.98 Å². The highest BCUT2D eigenvalue weighted by molar-refractivity contribution is 6.17. The second-order valence-electron chi connectivity index (χ2n) is 4.06. The van der Waals surface area contributed by atoms with Crippen LogP contribution in [0.3, 0.4) is 0 Å². The number of pyridine rings is 1. The van der Waals surface area contributed by atoms with Crippen molar-refractivity contribution in [1.29, 1.82) is 0 Å². The van der Waals surface area contributed by atoms with E-state index in [-0.39, 0.29) is 0 Å². The molecule has 19 heavy (non-hydrogen) atoms. The van der Waals surface area contributed by atoms with Crippen molar-refractivity contribution in [3.63, 3.8) is 0 Å². The van der Waals surface area contributed by atoms with E-state index in [1.807, 2.05) is 30.3 Å². The third-order valence-electron chi connectivity index (χ3n) is 2.47. The average Bonchev–Trinajstić information content (AvgIpc) is 2.47. The molecule has 4 heteroatoms. The maximum atomic E-state index is 5.70. The molecular formula is C15H16ClNO2. The van der Waals surface area contributed by atoms with Gasteiger partial charge in [-0.2, -0.15) is 0 Å². The Kier molecular flexibility index (Phi) is 5.04. The van der Waals surface area contributed by atoms with E-state index in [2.05, 4.69) is 11.9 Å². The molecule has 0 saturated heterocycles. The molecule has 0 aliphatic rings. The van der Waals surface area contributed by atoms with Crippen molar-refractivity contribution < 1.29 is 9.47 Å². The maximum Gasteiger partial charge on any atom is 0.219 e. The predicted molar refractivity (Wildman–Crippen MR) is 76.1 cm³/mol. The van der Waals surface area contributed by atoms with Crippen LogP contribution < -0.4 is 9.47 Å². The third-order valence-corrected chi connectivity index (χ3v) is 2.78. The van der Waals surface area contributed by atoms with Crippen LogP contribution in [0, 0.1) is 0 Å². The van der Waals surface area contributed by atoms with Crippen LogP contribution in [-0.4, -0.2) is 11.6 Å². The topological polar surface area (TPSA) is 31.4 Å². The first-order chi connectivity index (χ1) is 9.31. The highest BCUT2D eigenvalue weighted by atomic mass is 35.5. The van der Waals surface area contributed by atoms with Gasteiger partial charge in [0.25, 0.3) is 0 Å². The Labute approximate surface area is 118 Å². The van der Waals surface area contributed by atoms with Crippen LogP contribution in [0.1, 0.15) is 18.9 Å². The minimum atomic E-state index is 0.455. The minimum absolute atomic E-state index is 0.455. The Balaban J connectivity index is 1.98. The van der Waals surface area contributed by atoms with Gasteiger partial charge in [0.1, 0.15) is 11.5 Å². The van der Waals surface area contributed by atoms with E-state index in [0.717, 1.165) is 30.1 Å². The van der Waals surface area contributed by atoms with Gasteiger partial charge in [-0.05, 0) is 36.2 Å². The summed E-state index contributed by atoms with van der Waals surface area (Å²) in [5, 5.41) is 0. The zero-order valence-electron chi connectivity index (χ0n) is 10.8. The summed E-state index contributed by atoms with van der Waals surface area (Å²) >= 11 is 5.70. The summed E-state index contributed by atoms with van der Waals surface area (Å²) < 4.78 is 11.1. The summed E-state index contributed by atoms with van der Waals surface area (Å²) in [5.74, 6) is 2.59. The summed E-state index contributed by atoms with van der Waals surface area (Å²) in [7, 11) is 0. The van der Waals surface area contributed by atoms with Crippen molar-refractivity contribution in [3.8, 4) is 17.4 Å². The number of benzene rings is 1. The van der Waals surface area contributed by atoms with Gasteiger partial charge >= 0.3 is 0 Å². The molecule has 0 amide bonds. The van der Waals surface area contributed by atoms with Crippen LogP contribution >= 0.6 is 11.6 Å². The number of hydrogen-bond acceptors (Lipinski definition) is 3. The highest BCUT2D eigenvalue weighted by Gasteiger charge is 2.00. The molecule has 1 heterocycles. The van der Waals surface area contributed by atoms with Gasteiger partial charge in [-0.15, -0.1) is 11.6 Å². The molecule has 0 bridgehead atoms. The molecule has 1 aromatic carbocycles. The van der Waals surface area contributed by atoms with Gasteiger partial charge in [-0.3, -0.25) is 0 Å². The van der Waals surface area contributed by atoms with Gasteiger partial charge in [-0.1, -0.05) is 13.0 Å². The Morgan fingerprint density at radius 1 is 1.05 bits per heavy atom. The van der Waals surface area contributed by atoms with Crippen molar-refractivity contribution in [3.05, 3.63) is 48.2 Å². The summed E-state index contributed by atoms with van der Waals surface area (Å²) in [6, 6.07) is 11.2. The van der Waals surface area contributed by atoms with Crippen molar-refractivity contribution in [2.24, 2.45) is 0 Å². The Morgan fingerprint density at radius 2 is 1.79 bits per heavy atom. The van der Waals surface area contributed by atoms with Crippen LogP contribution in [0.4, 0.5) is 0 Å². The number of aromatic nitrogens is 1. The lowest BCUT2D eigenvalue weighted by molar-refractivity contribution is 0.317. The van der Waals surface area contributed by atoms with Gasteiger partial charge in [0.2, 0.25) is 5.88 Å². The van der Waals surface area contributed by atoms with E-state index in [0.29, 0.717) is 11.8 Å². The number of halogens is 1. The predicted octanol–water partition coefficient (Wildman–Crippen LogP) is 4.40. The first-order valence-electron chi connectivity index (χ1n) is 6.23. The summed E-state index contributed by atoms with van der Waals surface area (Å²) in [6.07, 6.45) is 2.70. The number of hydrogen-bond donors (Lipinski definition) is 0. The standard InChI is InChI=1S/C15H16ClNO2/c1-2-9-18-13-4-6-14(7-5-13)19-15-8-3-12(10-16)11-17-15/h3-8,11H,2,9-10H2,1H3. The van der Waals surface area contributed by atoms with Crippen molar-refractivity contribution in [2.45, 2.75) is 19.2 Å². The molecule has 0 N–H and O–H groups in total. The van der Waals surface area contributed by atoms with Gasteiger partial charge in [0.05, 0.1) is 6.61 Å². The third kappa shape index (κ3) is 4.14. The first-order valence-corrected chi connectivity index (χ1v) is 6.77. The lowest BCUT2D eigenvalue weighted by Gasteiger charge is -2.07. The fraction of sp³-hybridized carbons (Fsp3) is 0.267. The molecule has 0 aliphatic carbocycles. The second-order valence-corrected chi connectivity index (χ2v) is 4.33. The molecule has 2 rings (SSSR count). The largest absolute Gasteiger partial charge is 0.494 e. The molecule has 2 aromatic rings. The maximum absolute atomic E-state index is 5.70. The monoisotopic (exact) mass is 277 g/mol. The molecule has 0 aliphatic heterocycles. The molecule has 100 valence electrons. The Hall–Kier alpha value is -1.74. The summed E-state index contributed by atoms with van der Waals surface area (Å²) in [5.41, 5.74) is 0.970. The Morgan fingerprint density at radius 3 is 2.37 bits per heavy atom. The minimum Gasteiger partial charge on any atom is -0.494 e. The van der Waals surface area contributed by atoms with Crippen molar-refractivity contribution in [1.82, 2.24) is 4.98 Å². The van der Waals surface area contributed by atoms with Crippen molar-refractivity contribution >= 4 is 11.6 Å². The first kappa shape index (κ1) is 13.7. The number of nitrogens with zero attached hydrogens (tertiary/aromatic N) is 1. The number of ether oxygens (including phenoxy) is 2. The van der Waals surface area contributed by atoms with Gasteiger partial charge in [0, 0.05) is 18.1 Å². The smallest absolute Gasteiger partial charge is 0.219 e. The SMILES string of the molecule is CCCOc1ccc(Oc2ccc(CCl)cn2)cc1. The fourth-order valence-electron chi connectivity index (χ4n) is 1.49. The quantitative estimate of drug-likeness (QED) is 0.733. The fourth-order valence-corrected chi connectivity index (χ4v) is 1.65. The van der Waals surface area contributed by atoms with Crippen molar-refractivity contribution in [2.75, 3.05) is 6.61 Å². The second kappa shape index (κ2) is 7.00. The van der Waals surface area contributed by atoms with Crippen LogP contribution in [0.25, 0.3) is 0 Å². The molecule has 1 aromatic heterocycles. The highest BCUT2D eigenvalue weighted by Crippen LogP contribution is 2.22.